The van der Waals surface area contributed by atoms with E-state index in [2.05, 4.69) is 5.32 Å². The van der Waals surface area contributed by atoms with E-state index in [-0.39, 0.29) is 22.7 Å². The van der Waals surface area contributed by atoms with Gasteiger partial charge in [0.25, 0.3) is 0 Å². The minimum Gasteiger partial charge on any atom is -0.478 e. The van der Waals surface area contributed by atoms with Gasteiger partial charge in [0, 0.05) is 5.69 Å². The Labute approximate surface area is 161 Å². The monoisotopic (exact) mass is 375 g/mol. The van der Waals surface area contributed by atoms with E-state index in [0.717, 1.165) is 17.2 Å². The van der Waals surface area contributed by atoms with E-state index in [4.69, 9.17) is 5.11 Å². The van der Waals surface area contributed by atoms with E-state index < -0.39 is 17.9 Å². The normalized spacial score (nSPS) is 10.5. The summed E-state index contributed by atoms with van der Waals surface area (Å²) in [5.41, 5.74) is 1.05. The SMILES string of the molecule is O=C(O)c1ccc(NC(=O)C(c2ccccc2)c2ccccc2)cc1C(=O)O. The average molecular weight is 375 g/mol. The average Bonchev–Trinajstić information content (AvgIpc) is 2.69. The molecule has 0 fully saturated rings. The van der Waals surface area contributed by atoms with Crippen molar-refractivity contribution >= 4 is 23.5 Å². The van der Waals surface area contributed by atoms with Crippen molar-refractivity contribution in [3.8, 4) is 0 Å². The molecule has 6 nitrogen and oxygen atoms in total. The molecule has 0 saturated heterocycles. The number of carboxylic acids is 2. The molecule has 0 aromatic heterocycles. The Bertz CT molecular complexity index is 976. The second kappa shape index (κ2) is 8.18. The number of carbonyl (C=O) groups excluding carboxylic acids is 1. The summed E-state index contributed by atoms with van der Waals surface area (Å²) in [4.78, 5) is 35.6. The molecule has 28 heavy (non-hydrogen) atoms. The third kappa shape index (κ3) is 4.07. The van der Waals surface area contributed by atoms with Crippen molar-refractivity contribution in [1.29, 1.82) is 0 Å². The zero-order chi connectivity index (χ0) is 20.1. The quantitative estimate of drug-likeness (QED) is 0.607. The van der Waals surface area contributed by atoms with Crippen molar-refractivity contribution in [2.45, 2.75) is 5.92 Å². The summed E-state index contributed by atoms with van der Waals surface area (Å²) in [5, 5.41) is 21.1. The predicted octanol–water partition coefficient (Wildman–Crippen LogP) is 3.85. The Kier molecular flexibility index (Phi) is 5.50. The molecule has 0 aliphatic rings. The molecule has 0 aliphatic heterocycles. The molecule has 0 aliphatic carbocycles. The van der Waals surface area contributed by atoms with Gasteiger partial charge in [0.15, 0.2) is 0 Å². The number of hydrogen-bond acceptors (Lipinski definition) is 3. The van der Waals surface area contributed by atoms with Gasteiger partial charge in [-0.3, -0.25) is 4.79 Å². The zero-order valence-electron chi connectivity index (χ0n) is 14.7. The third-order valence-electron chi connectivity index (χ3n) is 4.28. The highest BCUT2D eigenvalue weighted by molar-refractivity contribution is 6.04. The number of benzene rings is 3. The lowest BCUT2D eigenvalue weighted by molar-refractivity contribution is -0.116. The largest absolute Gasteiger partial charge is 0.478 e. The molecule has 0 spiro atoms. The van der Waals surface area contributed by atoms with Crippen molar-refractivity contribution < 1.29 is 24.6 Å². The van der Waals surface area contributed by atoms with Gasteiger partial charge in [0.2, 0.25) is 5.91 Å². The summed E-state index contributed by atoms with van der Waals surface area (Å²) < 4.78 is 0. The van der Waals surface area contributed by atoms with Gasteiger partial charge in [0.1, 0.15) is 0 Å². The lowest BCUT2D eigenvalue weighted by Crippen LogP contribution is -2.22. The van der Waals surface area contributed by atoms with Crippen molar-refractivity contribution in [3.63, 3.8) is 0 Å². The van der Waals surface area contributed by atoms with Crippen LogP contribution in [0.3, 0.4) is 0 Å². The van der Waals surface area contributed by atoms with Crippen LogP contribution in [0, 0.1) is 0 Å². The highest BCUT2D eigenvalue weighted by atomic mass is 16.4. The molecule has 6 heteroatoms. The first kappa shape index (κ1) is 18.8. The van der Waals surface area contributed by atoms with Crippen LogP contribution in [-0.4, -0.2) is 28.1 Å². The van der Waals surface area contributed by atoms with Gasteiger partial charge in [-0.2, -0.15) is 0 Å². The molecule has 140 valence electrons. The molecule has 0 unspecified atom stereocenters. The van der Waals surface area contributed by atoms with Gasteiger partial charge in [-0.25, -0.2) is 9.59 Å². The smallest absolute Gasteiger partial charge is 0.336 e. The van der Waals surface area contributed by atoms with Crippen LogP contribution in [0.4, 0.5) is 5.69 Å². The van der Waals surface area contributed by atoms with Gasteiger partial charge in [0.05, 0.1) is 17.0 Å². The minimum atomic E-state index is -1.38. The fourth-order valence-electron chi connectivity index (χ4n) is 2.99. The number of hydrogen-bond donors (Lipinski definition) is 3. The van der Waals surface area contributed by atoms with Gasteiger partial charge in [-0.05, 0) is 29.3 Å². The molecule has 3 rings (SSSR count). The lowest BCUT2D eigenvalue weighted by atomic mass is 9.90. The molecular formula is C22H17NO5. The molecule has 1 amide bonds. The number of carboxylic acid groups (broad SMARTS) is 2. The van der Waals surface area contributed by atoms with E-state index in [9.17, 15) is 19.5 Å². The number of aromatic carboxylic acids is 2. The van der Waals surface area contributed by atoms with Crippen LogP contribution in [0.15, 0.2) is 78.9 Å². The predicted molar refractivity (Wildman–Crippen MR) is 104 cm³/mol. The molecule has 3 aromatic carbocycles. The Morgan fingerprint density at radius 2 is 1.18 bits per heavy atom. The van der Waals surface area contributed by atoms with Crippen LogP contribution in [0.25, 0.3) is 0 Å². The second-order valence-corrected chi connectivity index (χ2v) is 6.11. The summed E-state index contributed by atoms with van der Waals surface area (Å²) >= 11 is 0. The maximum absolute atomic E-state index is 13.0. The Hall–Kier alpha value is -3.93. The van der Waals surface area contributed by atoms with E-state index >= 15 is 0 Å². The van der Waals surface area contributed by atoms with Crippen LogP contribution >= 0.6 is 0 Å². The van der Waals surface area contributed by atoms with Crippen LogP contribution in [0.1, 0.15) is 37.8 Å². The van der Waals surface area contributed by atoms with Gasteiger partial charge < -0.3 is 15.5 Å². The molecule has 0 saturated carbocycles. The molecule has 3 N–H and O–H groups in total. The summed E-state index contributed by atoms with van der Waals surface area (Å²) in [6, 6.07) is 22.1. The number of anilines is 1. The Balaban J connectivity index is 1.96. The van der Waals surface area contributed by atoms with Gasteiger partial charge >= 0.3 is 11.9 Å². The first-order chi connectivity index (χ1) is 13.5. The minimum absolute atomic E-state index is 0.212. The first-order valence-corrected chi connectivity index (χ1v) is 8.49. The topological polar surface area (TPSA) is 104 Å². The summed E-state index contributed by atoms with van der Waals surface area (Å²) in [6.07, 6.45) is 0. The highest BCUT2D eigenvalue weighted by Gasteiger charge is 2.24. The lowest BCUT2D eigenvalue weighted by Gasteiger charge is -2.18. The Morgan fingerprint density at radius 3 is 1.64 bits per heavy atom. The van der Waals surface area contributed by atoms with E-state index in [0.29, 0.717) is 0 Å². The second-order valence-electron chi connectivity index (χ2n) is 6.11. The van der Waals surface area contributed by atoms with Gasteiger partial charge in [-0.15, -0.1) is 0 Å². The first-order valence-electron chi connectivity index (χ1n) is 8.49. The number of amides is 1. The molecule has 3 aromatic rings. The van der Waals surface area contributed by atoms with Crippen LogP contribution in [0.5, 0.6) is 0 Å². The van der Waals surface area contributed by atoms with Gasteiger partial charge in [-0.1, -0.05) is 60.7 Å². The molecule has 0 heterocycles. The van der Waals surface area contributed by atoms with Crippen LogP contribution in [0.2, 0.25) is 0 Å². The van der Waals surface area contributed by atoms with E-state index in [1.54, 1.807) is 0 Å². The fourth-order valence-corrected chi connectivity index (χ4v) is 2.99. The number of nitrogens with one attached hydrogen (secondary N) is 1. The van der Waals surface area contributed by atoms with E-state index in [1.165, 1.54) is 12.1 Å². The van der Waals surface area contributed by atoms with Crippen LogP contribution < -0.4 is 5.32 Å². The molecule has 0 bridgehead atoms. The molecule has 0 radical (unpaired) electrons. The fraction of sp³-hybridized carbons (Fsp3) is 0.0455. The third-order valence-corrected chi connectivity index (χ3v) is 4.28. The molecule has 0 atom stereocenters. The summed E-state index contributed by atoms with van der Waals surface area (Å²) in [7, 11) is 0. The van der Waals surface area contributed by atoms with Crippen molar-refractivity contribution in [3.05, 3.63) is 101 Å². The summed E-state index contributed by atoms with van der Waals surface area (Å²) in [6.45, 7) is 0. The highest BCUT2D eigenvalue weighted by Crippen LogP contribution is 2.27. The Morgan fingerprint density at radius 1 is 0.679 bits per heavy atom. The van der Waals surface area contributed by atoms with Crippen molar-refractivity contribution in [2.75, 3.05) is 5.32 Å². The van der Waals surface area contributed by atoms with Crippen molar-refractivity contribution in [2.24, 2.45) is 0 Å². The number of carbonyl (C=O) groups is 3. The van der Waals surface area contributed by atoms with Crippen molar-refractivity contribution in [1.82, 2.24) is 0 Å². The maximum atomic E-state index is 13.0. The zero-order valence-corrected chi connectivity index (χ0v) is 14.7. The summed E-state index contributed by atoms with van der Waals surface area (Å²) in [5.74, 6) is -3.68. The van der Waals surface area contributed by atoms with Crippen LogP contribution in [-0.2, 0) is 4.79 Å². The maximum Gasteiger partial charge on any atom is 0.336 e. The standard InChI is InChI=1S/C22H17NO5/c24-20(23-16-11-12-17(21(25)26)18(13-16)22(27)28)19(14-7-3-1-4-8-14)15-9-5-2-6-10-15/h1-13,19H,(H,23,24)(H,25,26)(H,27,28). The van der Waals surface area contributed by atoms with E-state index in [1.807, 2.05) is 60.7 Å². The molecular weight excluding hydrogens is 358 g/mol. The number of rotatable bonds is 6.